The Morgan fingerprint density at radius 1 is 1.28 bits per heavy atom. The number of fused-ring (bicyclic) bond motifs is 4. The smallest absolute Gasteiger partial charge is 0.366 e. The van der Waals surface area contributed by atoms with Crippen molar-refractivity contribution in [2.45, 2.75) is 18.6 Å². The van der Waals surface area contributed by atoms with Gasteiger partial charge in [-0.3, -0.25) is 4.90 Å². The molecule has 1 aromatic heterocycles. The van der Waals surface area contributed by atoms with Gasteiger partial charge in [-0.25, -0.2) is 9.78 Å². The summed E-state index contributed by atoms with van der Waals surface area (Å²) in [6.45, 7) is 1.31. The second-order valence-corrected chi connectivity index (χ2v) is 6.21. The van der Waals surface area contributed by atoms with Crippen LogP contribution in [-0.4, -0.2) is 30.1 Å². The fourth-order valence-corrected chi connectivity index (χ4v) is 3.64. The van der Waals surface area contributed by atoms with Crippen LogP contribution in [0, 0.1) is 0 Å². The summed E-state index contributed by atoms with van der Waals surface area (Å²) in [5.41, 5.74) is 6.51. The number of halogens is 3. The Bertz CT molecular complexity index is 852. The minimum atomic E-state index is -4.42. The first kappa shape index (κ1) is 15.7. The number of nitrogens with two attached hydrogens (primary N) is 1. The number of alkyl halides is 3. The van der Waals surface area contributed by atoms with Gasteiger partial charge >= 0.3 is 12.2 Å². The van der Waals surface area contributed by atoms with Gasteiger partial charge in [-0.15, -0.1) is 0 Å². The highest BCUT2D eigenvalue weighted by Gasteiger charge is 2.40. The second kappa shape index (κ2) is 5.37. The molecule has 0 spiro atoms. The van der Waals surface area contributed by atoms with Gasteiger partial charge in [0.15, 0.2) is 5.82 Å². The van der Waals surface area contributed by atoms with Gasteiger partial charge in [-0.2, -0.15) is 13.2 Å². The SMILES string of the molecule is NC(=O)N1c2nccc(-c3cccc(C(F)(F)F)c3)c2N2CCC1C2. The van der Waals surface area contributed by atoms with Crippen LogP contribution in [0.5, 0.6) is 0 Å². The van der Waals surface area contributed by atoms with Crippen LogP contribution in [0.3, 0.4) is 0 Å². The van der Waals surface area contributed by atoms with E-state index in [1.165, 1.54) is 17.2 Å². The number of amides is 2. The highest BCUT2D eigenvalue weighted by atomic mass is 19.4. The molecule has 2 aromatic rings. The molecule has 1 aromatic carbocycles. The first-order chi connectivity index (χ1) is 11.9. The molecule has 0 aliphatic carbocycles. The quantitative estimate of drug-likeness (QED) is 0.861. The Labute approximate surface area is 141 Å². The summed E-state index contributed by atoms with van der Waals surface area (Å²) in [6.07, 6.45) is -2.17. The van der Waals surface area contributed by atoms with Gasteiger partial charge in [0.05, 0.1) is 17.3 Å². The van der Waals surface area contributed by atoms with E-state index in [2.05, 4.69) is 9.88 Å². The number of aromatic nitrogens is 1. The fraction of sp³-hybridized carbons (Fsp3) is 0.294. The summed E-state index contributed by atoms with van der Waals surface area (Å²) < 4.78 is 39.1. The molecule has 1 unspecified atom stereocenters. The van der Waals surface area contributed by atoms with E-state index in [0.717, 1.165) is 18.6 Å². The van der Waals surface area contributed by atoms with E-state index < -0.39 is 17.8 Å². The van der Waals surface area contributed by atoms with Gasteiger partial charge in [0.25, 0.3) is 0 Å². The molecule has 2 N–H and O–H groups in total. The Hall–Kier alpha value is -2.77. The number of anilines is 2. The number of urea groups is 1. The predicted molar refractivity (Wildman–Crippen MR) is 87.4 cm³/mol. The molecule has 2 amide bonds. The fourth-order valence-electron chi connectivity index (χ4n) is 3.64. The normalized spacial score (nSPS) is 19.1. The monoisotopic (exact) mass is 348 g/mol. The van der Waals surface area contributed by atoms with Gasteiger partial charge < -0.3 is 10.6 Å². The molecule has 1 atom stereocenters. The van der Waals surface area contributed by atoms with Gasteiger partial charge in [0.1, 0.15) is 0 Å². The van der Waals surface area contributed by atoms with E-state index in [1.807, 2.05) is 0 Å². The molecule has 5 nitrogen and oxygen atoms in total. The number of benzene rings is 1. The molecular weight excluding hydrogens is 333 g/mol. The lowest BCUT2D eigenvalue weighted by atomic mass is 10.0. The van der Waals surface area contributed by atoms with Crippen molar-refractivity contribution >= 4 is 17.5 Å². The summed E-state index contributed by atoms with van der Waals surface area (Å²) in [7, 11) is 0. The minimum absolute atomic E-state index is 0.0470. The highest BCUT2D eigenvalue weighted by Crippen LogP contribution is 2.45. The third-order valence-corrected chi connectivity index (χ3v) is 4.72. The van der Waals surface area contributed by atoms with E-state index >= 15 is 0 Å². The van der Waals surface area contributed by atoms with Crippen LogP contribution in [-0.2, 0) is 6.18 Å². The average Bonchev–Trinajstić information content (AvgIpc) is 2.97. The number of pyridine rings is 1. The molecule has 2 aliphatic heterocycles. The topological polar surface area (TPSA) is 62.5 Å². The maximum atomic E-state index is 13.0. The summed E-state index contributed by atoms with van der Waals surface area (Å²) in [5, 5.41) is 0. The van der Waals surface area contributed by atoms with Crippen molar-refractivity contribution in [3.05, 3.63) is 42.1 Å². The largest absolute Gasteiger partial charge is 0.416 e. The Morgan fingerprint density at radius 2 is 2.08 bits per heavy atom. The van der Waals surface area contributed by atoms with Crippen LogP contribution >= 0.6 is 0 Å². The molecule has 130 valence electrons. The van der Waals surface area contributed by atoms with Crippen LogP contribution < -0.4 is 15.5 Å². The van der Waals surface area contributed by atoms with Crippen molar-refractivity contribution in [3.63, 3.8) is 0 Å². The first-order valence-electron chi connectivity index (χ1n) is 7.86. The number of primary amides is 1. The van der Waals surface area contributed by atoms with Gasteiger partial charge in [0, 0.05) is 24.8 Å². The lowest BCUT2D eigenvalue weighted by Gasteiger charge is -2.35. The van der Waals surface area contributed by atoms with Crippen molar-refractivity contribution in [2.24, 2.45) is 5.73 Å². The lowest BCUT2D eigenvalue weighted by molar-refractivity contribution is -0.137. The second-order valence-electron chi connectivity index (χ2n) is 6.21. The molecule has 1 saturated heterocycles. The number of hydrogen-bond donors (Lipinski definition) is 1. The van der Waals surface area contributed by atoms with Crippen molar-refractivity contribution in [1.29, 1.82) is 0 Å². The van der Waals surface area contributed by atoms with Crippen molar-refractivity contribution < 1.29 is 18.0 Å². The van der Waals surface area contributed by atoms with Gasteiger partial charge in [-0.1, -0.05) is 12.1 Å². The Morgan fingerprint density at radius 3 is 2.80 bits per heavy atom. The number of hydrogen-bond acceptors (Lipinski definition) is 3. The number of carbonyl (C=O) groups is 1. The zero-order chi connectivity index (χ0) is 17.8. The van der Waals surface area contributed by atoms with Crippen LogP contribution in [0.4, 0.5) is 29.5 Å². The molecule has 2 bridgehead atoms. The van der Waals surface area contributed by atoms with Crippen molar-refractivity contribution in [2.75, 3.05) is 22.9 Å². The van der Waals surface area contributed by atoms with Crippen LogP contribution in [0.2, 0.25) is 0 Å². The number of rotatable bonds is 1. The minimum Gasteiger partial charge on any atom is -0.366 e. The zero-order valence-electron chi connectivity index (χ0n) is 13.1. The highest BCUT2D eigenvalue weighted by molar-refractivity contribution is 5.99. The standard InChI is InChI=1S/C17H15F3N4O/c18-17(19,20)11-3-1-2-10(8-11)13-4-6-22-15-14(13)23-7-5-12(9-23)24(15)16(21)25/h1-4,6,8,12H,5,7,9H2,(H2,21,25). The third kappa shape index (κ3) is 2.48. The van der Waals surface area contributed by atoms with E-state index in [1.54, 1.807) is 12.1 Å². The molecular formula is C17H15F3N4O. The average molecular weight is 348 g/mol. The summed E-state index contributed by atoms with van der Waals surface area (Å²) in [5.74, 6) is 0.413. The third-order valence-electron chi connectivity index (χ3n) is 4.72. The molecule has 1 fully saturated rings. The maximum Gasteiger partial charge on any atom is 0.416 e. The van der Waals surface area contributed by atoms with E-state index in [0.29, 0.717) is 35.7 Å². The maximum absolute atomic E-state index is 13.0. The van der Waals surface area contributed by atoms with Crippen LogP contribution in [0.15, 0.2) is 36.5 Å². The summed E-state index contributed by atoms with van der Waals surface area (Å²) in [6, 6.07) is 6.20. The Balaban J connectivity index is 1.89. The molecule has 0 radical (unpaired) electrons. The van der Waals surface area contributed by atoms with E-state index in [9.17, 15) is 18.0 Å². The lowest BCUT2D eigenvalue weighted by Crippen LogP contribution is -2.49. The van der Waals surface area contributed by atoms with Crippen molar-refractivity contribution in [1.82, 2.24) is 4.98 Å². The molecule has 4 rings (SSSR count). The first-order valence-corrected chi connectivity index (χ1v) is 7.86. The summed E-state index contributed by atoms with van der Waals surface area (Å²) in [4.78, 5) is 19.7. The predicted octanol–water partition coefficient (Wildman–Crippen LogP) is 3.24. The van der Waals surface area contributed by atoms with Crippen LogP contribution in [0.1, 0.15) is 12.0 Å². The number of carbonyl (C=O) groups excluding carboxylic acids is 1. The molecule has 0 saturated carbocycles. The number of nitrogens with zero attached hydrogens (tertiary/aromatic N) is 3. The molecule has 8 heteroatoms. The Kier molecular flexibility index (Phi) is 3.38. The van der Waals surface area contributed by atoms with Crippen LogP contribution in [0.25, 0.3) is 11.1 Å². The molecule has 3 heterocycles. The van der Waals surface area contributed by atoms with Gasteiger partial charge in [-0.05, 0) is 30.2 Å². The molecule has 25 heavy (non-hydrogen) atoms. The van der Waals surface area contributed by atoms with Crippen molar-refractivity contribution in [3.8, 4) is 11.1 Å². The van der Waals surface area contributed by atoms with Gasteiger partial charge in [0.2, 0.25) is 0 Å². The zero-order valence-corrected chi connectivity index (χ0v) is 13.1. The molecule has 2 aliphatic rings. The summed E-state index contributed by atoms with van der Waals surface area (Å²) >= 11 is 0. The van der Waals surface area contributed by atoms with E-state index in [-0.39, 0.29) is 6.04 Å². The van der Waals surface area contributed by atoms with E-state index in [4.69, 9.17) is 5.73 Å².